The molecule has 0 aliphatic carbocycles. The average Bonchev–Trinajstić information content (AvgIpc) is 3.17. The second-order valence-corrected chi connectivity index (χ2v) is 7.29. The molecule has 1 aliphatic heterocycles. The lowest BCUT2D eigenvalue weighted by Crippen LogP contribution is -2.23. The number of ketones is 1. The first kappa shape index (κ1) is 18.3. The van der Waals surface area contributed by atoms with Crippen LogP contribution in [0.5, 0.6) is 0 Å². The van der Waals surface area contributed by atoms with Crippen LogP contribution in [0.4, 0.5) is 4.79 Å². The predicted molar refractivity (Wildman–Crippen MR) is 86.7 cm³/mol. The Kier molecular flexibility index (Phi) is 4.94. The minimum atomic E-state index is -4.31. The Balaban J connectivity index is 1.73. The molecule has 12 heteroatoms. The zero-order chi connectivity index (χ0) is 18.9. The van der Waals surface area contributed by atoms with E-state index in [0.29, 0.717) is 0 Å². The summed E-state index contributed by atoms with van der Waals surface area (Å²) in [5.74, 6) is -0.246. The van der Waals surface area contributed by atoms with Gasteiger partial charge in [0.15, 0.2) is 11.3 Å². The molecule has 0 bridgehead atoms. The van der Waals surface area contributed by atoms with Gasteiger partial charge in [0.05, 0.1) is 11.6 Å². The number of aromatic nitrogens is 2. The fraction of sp³-hybridized carbons (Fsp3) is 0.286. The minimum absolute atomic E-state index is 0.0293. The highest BCUT2D eigenvalue weighted by Gasteiger charge is 2.33. The van der Waals surface area contributed by atoms with Crippen LogP contribution in [0.3, 0.4) is 0 Å². The van der Waals surface area contributed by atoms with E-state index in [-0.39, 0.29) is 33.3 Å². The van der Waals surface area contributed by atoms with Crippen molar-refractivity contribution in [1.29, 1.82) is 0 Å². The molecule has 2 aromatic rings. The molecule has 2 heterocycles. The molecule has 0 radical (unpaired) electrons. The van der Waals surface area contributed by atoms with Gasteiger partial charge in [-0.05, 0) is 35.4 Å². The van der Waals surface area contributed by atoms with E-state index in [9.17, 15) is 18.0 Å². The number of cyclic esters (lactones) is 1. The lowest BCUT2D eigenvalue weighted by molar-refractivity contribution is -0.112. The van der Waals surface area contributed by atoms with Crippen LogP contribution in [0.2, 0.25) is 5.02 Å². The summed E-state index contributed by atoms with van der Waals surface area (Å²) in [5.41, 5.74) is 0.136. The fourth-order valence-corrected chi connectivity index (χ4v) is 3.78. The lowest BCUT2D eigenvalue weighted by atomic mass is 10.3. The van der Waals surface area contributed by atoms with Crippen LogP contribution in [-0.2, 0) is 23.8 Å². The number of rotatable bonds is 6. The van der Waals surface area contributed by atoms with E-state index in [2.05, 4.69) is 14.9 Å². The zero-order valence-electron chi connectivity index (χ0n) is 13.3. The summed E-state index contributed by atoms with van der Waals surface area (Å²) < 4.78 is 39.4. The van der Waals surface area contributed by atoms with Crippen LogP contribution >= 0.6 is 11.6 Å². The average molecular weight is 402 g/mol. The van der Waals surface area contributed by atoms with Gasteiger partial charge in [-0.1, -0.05) is 11.6 Å². The fourth-order valence-electron chi connectivity index (χ4n) is 2.21. The normalized spacial score (nSPS) is 18.0. The number of fused-ring (bicyclic) bond motifs is 1. The molecule has 1 fully saturated rings. The Morgan fingerprint density at radius 3 is 2.96 bits per heavy atom. The number of hydrogen-bond acceptors (Lipinski definition) is 9. The van der Waals surface area contributed by atoms with Crippen molar-refractivity contribution in [2.45, 2.75) is 17.9 Å². The molecule has 1 aromatic heterocycles. The van der Waals surface area contributed by atoms with E-state index >= 15 is 0 Å². The number of allylic oxidation sites excluding steroid dienone is 1. The first-order chi connectivity index (χ1) is 12.3. The lowest BCUT2D eigenvalue weighted by Gasteiger charge is -2.10. The maximum atomic E-state index is 12.5. The van der Waals surface area contributed by atoms with Crippen molar-refractivity contribution in [3.8, 4) is 0 Å². The summed E-state index contributed by atoms with van der Waals surface area (Å²) in [6.07, 6.45) is 0.897. The standard InChI is InChI=1S/C14H12ClN3O7S/c1-8(19)4-5-18-6-9(24-14(18)20)7-23-26(21,22)13-10(15)2-3-11-12(13)17-25-16-11/h2-5,9H,6-7H2,1H3. The number of ether oxygens (including phenoxy) is 1. The molecule has 138 valence electrons. The molecule has 1 aliphatic rings. The molecule has 0 spiro atoms. The summed E-state index contributed by atoms with van der Waals surface area (Å²) in [7, 11) is -4.31. The largest absolute Gasteiger partial charge is 0.441 e. The molecule has 1 unspecified atom stereocenters. The van der Waals surface area contributed by atoms with Crippen molar-refractivity contribution in [3.05, 3.63) is 29.4 Å². The monoisotopic (exact) mass is 401 g/mol. The van der Waals surface area contributed by atoms with Crippen LogP contribution < -0.4 is 0 Å². The van der Waals surface area contributed by atoms with E-state index in [0.717, 1.165) is 4.90 Å². The topological polar surface area (TPSA) is 129 Å². The third kappa shape index (κ3) is 3.69. The molecule has 10 nitrogen and oxygen atoms in total. The molecule has 0 saturated carbocycles. The molecule has 1 atom stereocenters. The van der Waals surface area contributed by atoms with Gasteiger partial charge in [-0.2, -0.15) is 8.42 Å². The summed E-state index contributed by atoms with van der Waals surface area (Å²) in [5, 5.41) is 6.97. The molecule has 1 aromatic carbocycles. The SMILES string of the molecule is CC(=O)C=CN1CC(COS(=O)(=O)c2c(Cl)ccc3nonc23)OC1=O. The molecule has 1 amide bonds. The highest BCUT2D eigenvalue weighted by Crippen LogP contribution is 2.30. The zero-order valence-corrected chi connectivity index (χ0v) is 14.9. The Bertz CT molecular complexity index is 1000. The summed E-state index contributed by atoms with van der Waals surface area (Å²) in [4.78, 5) is 23.3. The van der Waals surface area contributed by atoms with Gasteiger partial charge >= 0.3 is 16.2 Å². The van der Waals surface area contributed by atoms with Gasteiger partial charge in [-0.15, -0.1) is 0 Å². The van der Waals surface area contributed by atoms with E-state index in [1.54, 1.807) is 0 Å². The Hall–Kier alpha value is -2.50. The molecule has 3 rings (SSSR count). The molecule has 0 N–H and O–H groups in total. The maximum Gasteiger partial charge on any atom is 0.414 e. The number of benzene rings is 1. The van der Waals surface area contributed by atoms with E-state index in [1.165, 1.54) is 31.3 Å². The van der Waals surface area contributed by atoms with Crippen LogP contribution in [-0.4, -0.2) is 54.8 Å². The van der Waals surface area contributed by atoms with E-state index in [4.69, 9.17) is 20.5 Å². The van der Waals surface area contributed by atoms with E-state index < -0.39 is 28.9 Å². The maximum absolute atomic E-state index is 12.5. The second-order valence-electron chi connectivity index (χ2n) is 5.33. The highest BCUT2D eigenvalue weighted by molar-refractivity contribution is 7.87. The van der Waals surface area contributed by atoms with E-state index in [1.807, 2.05) is 0 Å². The second kappa shape index (κ2) is 7.02. The van der Waals surface area contributed by atoms with Gasteiger partial charge in [-0.25, -0.2) is 9.42 Å². The number of carbonyl (C=O) groups is 2. The first-order valence-electron chi connectivity index (χ1n) is 7.24. The van der Waals surface area contributed by atoms with Crippen molar-refractivity contribution in [2.75, 3.05) is 13.2 Å². The van der Waals surface area contributed by atoms with Gasteiger partial charge in [0.25, 0.3) is 0 Å². The first-order valence-corrected chi connectivity index (χ1v) is 9.03. The number of hydrogen-bond donors (Lipinski definition) is 0. The third-order valence-electron chi connectivity index (χ3n) is 3.38. The van der Waals surface area contributed by atoms with Crippen LogP contribution in [0.1, 0.15) is 6.92 Å². The molecular formula is C14H12ClN3O7S. The summed E-state index contributed by atoms with van der Waals surface area (Å²) in [6.45, 7) is 0.923. The van der Waals surface area contributed by atoms with Gasteiger partial charge < -0.3 is 4.74 Å². The van der Waals surface area contributed by atoms with Crippen molar-refractivity contribution < 1.29 is 31.6 Å². The molecule has 1 saturated heterocycles. The van der Waals surface area contributed by atoms with Crippen molar-refractivity contribution in [3.63, 3.8) is 0 Å². The van der Waals surface area contributed by atoms with Crippen molar-refractivity contribution >= 4 is 44.6 Å². The van der Waals surface area contributed by atoms with Gasteiger partial charge in [0.2, 0.25) is 0 Å². The van der Waals surface area contributed by atoms with Crippen molar-refractivity contribution in [1.82, 2.24) is 15.2 Å². The third-order valence-corrected chi connectivity index (χ3v) is 5.17. The Morgan fingerprint density at radius 1 is 1.46 bits per heavy atom. The number of carbonyl (C=O) groups excluding carboxylic acids is 2. The summed E-state index contributed by atoms with van der Waals surface area (Å²) >= 11 is 5.95. The highest BCUT2D eigenvalue weighted by atomic mass is 35.5. The van der Waals surface area contributed by atoms with Crippen molar-refractivity contribution in [2.24, 2.45) is 0 Å². The van der Waals surface area contributed by atoms with Gasteiger partial charge in [0, 0.05) is 6.20 Å². The van der Waals surface area contributed by atoms with Crippen LogP contribution in [0, 0.1) is 0 Å². The Labute approximate surface area is 152 Å². The Morgan fingerprint density at radius 2 is 2.23 bits per heavy atom. The minimum Gasteiger partial charge on any atom is -0.441 e. The predicted octanol–water partition coefficient (Wildman–Crippen LogP) is 1.50. The van der Waals surface area contributed by atoms with Crippen LogP contribution in [0.25, 0.3) is 11.0 Å². The number of amides is 1. The quantitative estimate of drug-likeness (QED) is 0.522. The number of nitrogens with zero attached hydrogens (tertiary/aromatic N) is 3. The summed E-state index contributed by atoms with van der Waals surface area (Å²) in [6, 6.07) is 2.78. The number of halogens is 1. The van der Waals surface area contributed by atoms with Gasteiger partial charge in [0.1, 0.15) is 23.1 Å². The van der Waals surface area contributed by atoms with Crippen LogP contribution in [0.15, 0.2) is 33.9 Å². The van der Waals surface area contributed by atoms with Gasteiger partial charge in [-0.3, -0.25) is 13.9 Å². The smallest absolute Gasteiger partial charge is 0.414 e. The molecule has 26 heavy (non-hydrogen) atoms. The molecular weight excluding hydrogens is 390 g/mol.